The summed E-state index contributed by atoms with van der Waals surface area (Å²) in [7, 11) is 1.63. The predicted octanol–water partition coefficient (Wildman–Crippen LogP) is 4.05. The van der Waals surface area contributed by atoms with Crippen LogP contribution in [0.3, 0.4) is 0 Å². The van der Waals surface area contributed by atoms with Gasteiger partial charge in [0.05, 0.1) is 17.6 Å². The summed E-state index contributed by atoms with van der Waals surface area (Å²) in [5.74, 6) is 0.0185. The first kappa shape index (κ1) is 28.9. The molecule has 0 bridgehead atoms. The van der Waals surface area contributed by atoms with E-state index in [1.807, 2.05) is 39.5 Å². The van der Waals surface area contributed by atoms with E-state index in [9.17, 15) is 14.4 Å². The number of hydrogen-bond acceptors (Lipinski definition) is 7. The van der Waals surface area contributed by atoms with Crippen molar-refractivity contribution in [1.29, 1.82) is 0 Å². The number of amides is 2. The van der Waals surface area contributed by atoms with Crippen LogP contribution in [0.2, 0.25) is 0 Å². The van der Waals surface area contributed by atoms with Crippen molar-refractivity contribution in [2.24, 2.45) is 5.41 Å². The largest absolute Gasteiger partial charge is 0.476 e. The molecule has 0 spiro atoms. The summed E-state index contributed by atoms with van der Waals surface area (Å²) >= 11 is 0. The smallest absolute Gasteiger partial charge is 0.330 e. The third-order valence-electron chi connectivity index (χ3n) is 6.72. The molecule has 0 unspecified atom stereocenters. The van der Waals surface area contributed by atoms with Crippen LogP contribution in [-0.2, 0) is 19.2 Å². The maximum Gasteiger partial charge on any atom is 0.330 e. The Hall–Kier alpha value is -2.65. The first-order chi connectivity index (χ1) is 17.3. The molecule has 0 N–H and O–H groups in total. The number of fused-ring (bicyclic) bond motifs is 1. The van der Waals surface area contributed by atoms with Crippen LogP contribution in [-0.4, -0.2) is 78.8 Å². The van der Waals surface area contributed by atoms with Gasteiger partial charge in [0.2, 0.25) is 0 Å². The lowest BCUT2D eigenvalue weighted by Crippen LogP contribution is -2.54. The zero-order valence-corrected chi connectivity index (χ0v) is 23.6. The summed E-state index contributed by atoms with van der Waals surface area (Å²) in [5, 5.41) is 1.68. The Kier molecular flexibility index (Phi) is 8.90. The summed E-state index contributed by atoms with van der Waals surface area (Å²) in [4.78, 5) is 48.7. The first-order valence-electron chi connectivity index (χ1n) is 13.2. The van der Waals surface area contributed by atoms with Gasteiger partial charge in [0.25, 0.3) is 11.8 Å². The molecule has 1 saturated heterocycles. The Morgan fingerprint density at radius 3 is 2.57 bits per heavy atom. The molecule has 1 atom stereocenters. The van der Waals surface area contributed by atoms with E-state index >= 15 is 0 Å². The molecule has 2 heterocycles. The lowest BCUT2D eigenvalue weighted by atomic mass is 9.97. The summed E-state index contributed by atoms with van der Waals surface area (Å²) < 4.78 is 11.2. The third-order valence-corrected chi connectivity index (χ3v) is 6.72. The molecule has 0 radical (unpaired) electrons. The van der Waals surface area contributed by atoms with Gasteiger partial charge in [-0.1, -0.05) is 0 Å². The molecule has 3 rings (SSSR count). The van der Waals surface area contributed by atoms with E-state index < -0.39 is 11.0 Å². The van der Waals surface area contributed by atoms with Gasteiger partial charge in [0.15, 0.2) is 5.60 Å². The summed E-state index contributed by atoms with van der Waals surface area (Å²) in [6.07, 6.45) is 2.30. The van der Waals surface area contributed by atoms with E-state index in [0.717, 1.165) is 12.8 Å². The lowest BCUT2D eigenvalue weighted by molar-refractivity contribution is -0.208. The zero-order valence-electron chi connectivity index (χ0n) is 23.6. The molecule has 206 valence electrons. The zero-order chi connectivity index (χ0) is 27.5. The van der Waals surface area contributed by atoms with Crippen LogP contribution in [0.15, 0.2) is 18.2 Å². The van der Waals surface area contributed by atoms with Gasteiger partial charge in [-0.15, -0.1) is 5.06 Å². The number of anilines is 1. The number of piperidine rings is 1. The van der Waals surface area contributed by atoms with Crippen LogP contribution in [0.1, 0.15) is 78.1 Å². The van der Waals surface area contributed by atoms with Gasteiger partial charge in [-0.25, -0.2) is 4.79 Å². The minimum absolute atomic E-state index is 0.0681. The first-order valence-corrected chi connectivity index (χ1v) is 13.2. The SMILES string of the molecule is COCCCN1C(=O)C(C)(C)Oc2ccc(C(=O)N(C(C)C)[C@@H]3CCCN(OC(=O)C(C)(C)C)C3)cc21. The minimum atomic E-state index is -0.994. The van der Waals surface area contributed by atoms with Gasteiger partial charge >= 0.3 is 5.97 Å². The molecule has 9 nitrogen and oxygen atoms in total. The van der Waals surface area contributed by atoms with Crippen LogP contribution >= 0.6 is 0 Å². The summed E-state index contributed by atoms with van der Waals surface area (Å²) in [6.45, 7) is 15.0. The number of carbonyl (C=O) groups excluding carboxylic acids is 3. The molecule has 2 aliphatic heterocycles. The highest BCUT2D eigenvalue weighted by Crippen LogP contribution is 2.39. The normalized spacial score (nSPS) is 19.9. The van der Waals surface area contributed by atoms with Crippen LogP contribution in [0, 0.1) is 5.41 Å². The summed E-state index contributed by atoms with van der Waals surface area (Å²) in [5.41, 5.74) is -0.512. The number of benzene rings is 1. The van der Waals surface area contributed by atoms with Gasteiger partial charge in [-0.05, 0) is 85.9 Å². The molecule has 2 amide bonds. The van der Waals surface area contributed by atoms with E-state index in [0.29, 0.717) is 49.7 Å². The van der Waals surface area contributed by atoms with E-state index in [1.165, 1.54) is 0 Å². The molecule has 0 aliphatic carbocycles. The van der Waals surface area contributed by atoms with E-state index in [4.69, 9.17) is 14.3 Å². The van der Waals surface area contributed by atoms with Gasteiger partial charge in [-0.2, -0.15) is 0 Å². The molecular weight excluding hydrogens is 474 g/mol. The van der Waals surface area contributed by atoms with Crippen molar-refractivity contribution in [3.8, 4) is 5.75 Å². The quantitative estimate of drug-likeness (QED) is 0.481. The number of rotatable bonds is 8. The molecule has 9 heteroatoms. The molecule has 1 aromatic carbocycles. The van der Waals surface area contributed by atoms with E-state index in [-0.39, 0.29) is 29.9 Å². The number of hydrogen-bond donors (Lipinski definition) is 0. The Balaban J connectivity index is 1.86. The Morgan fingerprint density at radius 2 is 1.95 bits per heavy atom. The van der Waals surface area contributed by atoms with Crippen molar-refractivity contribution in [1.82, 2.24) is 9.96 Å². The lowest BCUT2D eigenvalue weighted by Gasteiger charge is -2.41. The minimum Gasteiger partial charge on any atom is -0.476 e. The van der Waals surface area contributed by atoms with Crippen LogP contribution in [0.4, 0.5) is 5.69 Å². The second kappa shape index (κ2) is 11.4. The van der Waals surface area contributed by atoms with Crippen molar-refractivity contribution < 1.29 is 28.7 Å². The third kappa shape index (κ3) is 6.62. The molecule has 1 fully saturated rings. The van der Waals surface area contributed by atoms with Crippen LogP contribution in [0.5, 0.6) is 5.75 Å². The topological polar surface area (TPSA) is 88.6 Å². The second-order valence-electron chi connectivity index (χ2n) is 11.7. The molecule has 1 aromatic rings. The highest BCUT2D eigenvalue weighted by Gasteiger charge is 2.41. The number of nitrogens with zero attached hydrogens (tertiary/aromatic N) is 3. The second-order valence-corrected chi connectivity index (χ2v) is 11.7. The number of methoxy groups -OCH3 is 1. The highest BCUT2D eigenvalue weighted by atomic mass is 16.7. The van der Waals surface area contributed by atoms with Crippen LogP contribution < -0.4 is 9.64 Å². The number of ether oxygens (including phenoxy) is 2. The fourth-order valence-corrected chi connectivity index (χ4v) is 4.75. The average molecular weight is 518 g/mol. The van der Waals surface area contributed by atoms with Crippen molar-refractivity contribution in [3.05, 3.63) is 23.8 Å². The highest BCUT2D eigenvalue weighted by molar-refractivity contribution is 6.04. The molecule has 2 aliphatic rings. The number of hydroxylamine groups is 2. The van der Waals surface area contributed by atoms with Gasteiger partial charge in [-0.3, -0.25) is 9.59 Å². The molecule has 0 aromatic heterocycles. The van der Waals surface area contributed by atoms with Gasteiger partial charge in [0.1, 0.15) is 5.75 Å². The molecule has 37 heavy (non-hydrogen) atoms. The summed E-state index contributed by atoms with van der Waals surface area (Å²) in [6, 6.07) is 5.11. The fourth-order valence-electron chi connectivity index (χ4n) is 4.75. The molecule has 0 saturated carbocycles. The molecular formula is C28H43N3O6. The predicted molar refractivity (Wildman–Crippen MR) is 141 cm³/mol. The van der Waals surface area contributed by atoms with Crippen molar-refractivity contribution in [2.75, 3.05) is 38.3 Å². The monoisotopic (exact) mass is 517 g/mol. The Bertz CT molecular complexity index is 1000. The van der Waals surface area contributed by atoms with Crippen molar-refractivity contribution in [2.45, 2.75) is 85.4 Å². The van der Waals surface area contributed by atoms with Crippen LogP contribution in [0.25, 0.3) is 0 Å². The maximum absolute atomic E-state index is 13.9. The maximum atomic E-state index is 13.9. The van der Waals surface area contributed by atoms with Gasteiger partial charge < -0.3 is 24.1 Å². The van der Waals surface area contributed by atoms with Crippen molar-refractivity contribution in [3.63, 3.8) is 0 Å². The standard InChI is InChI=1S/C28H43N3O6/c1-19(2)31(21-11-9-14-29(18-21)37-26(34)27(3,4)5)24(32)20-12-13-23-22(17-20)30(15-10-16-35-8)25(33)28(6,7)36-23/h12-13,17,19,21H,9-11,14-16,18H2,1-8H3/t21-/m1/s1. The van der Waals surface area contributed by atoms with Crippen molar-refractivity contribution >= 4 is 23.5 Å². The van der Waals surface area contributed by atoms with E-state index in [2.05, 4.69) is 0 Å². The Labute approximate surface area is 221 Å². The fraction of sp³-hybridized carbons (Fsp3) is 0.679. The Morgan fingerprint density at radius 1 is 1.24 bits per heavy atom. The van der Waals surface area contributed by atoms with E-state index in [1.54, 1.807) is 49.1 Å². The number of carbonyl (C=O) groups is 3. The van der Waals surface area contributed by atoms with Gasteiger partial charge in [0, 0.05) is 44.5 Å². The average Bonchev–Trinajstić information content (AvgIpc) is 2.80.